The Balaban J connectivity index is 1.33. The van der Waals surface area contributed by atoms with E-state index in [0.29, 0.717) is 49.8 Å². The molecule has 5 rings (SSSR count). The first-order valence-electron chi connectivity index (χ1n) is 15.0. The standard InChI is InChI=1S/C31H44N6O3/c1-20(2)26-12-11-21(3)14-30(39)36-18-23-15-24(27(36)8-7-10-29(38)34-26)19-35(17-23)31(40)25-16-33-37(22(25)4)28-9-5-6-13-32-28/h5-6,9,13,16,20-21,23-24,26-27H,7-8,10-12,14-15,17-19H2,1-4H3,(H,34,38)/t21-,23+,24+,26+,27+/m1/s1. The maximum Gasteiger partial charge on any atom is 0.257 e. The second-order valence-electron chi connectivity index (χ2n) is 12.6. The van der Waals surface area contributed by atoms with Crippen LogP contribution in [0.15, 0.2) is 30.6 Å². The number of likely N-dealkylation sites (tertiary alicyclic amines) is 1. The Morgan fingerprint density at radius 3 is 2.67 bits per heavy atom. The minimum absolute atomic E-state index is 0.00785. The Morgan fingerprint density at radius 2 is 1.93 bits per heavy atom. The predicted molar refractivity (Wildman–Crippen MR) is 153 cm³/mol. The third-order valence-electron chi connectivity index (χ3n) is 9.23. The van der Waals surface area contributed by atoms with Gasteiger partial charge in [0, 0.05) is 50.8 Å². The summed E-state index contributed by atoms with van der Waals surface area (Å²) in [6.45, 7) is 10.3. The number of amides is 3. The summed E-state index contributed by atoms with van der Waals surface area (Å²) in [5.41, 5.74) is 1.37. The lowest BCUT2D eigenvalue weighted by Crippen LogP contribution is -2.60. The minimum Gasteiger partial charge on any atom is -0.353 e. The van der Waals surface area contributed by atoms with E-state index >= 15 is 0 Å². The van der Waals surface area contributed by atoms with Crippen molar-refractivity contribution < 1.29 is 14.4 Å². The van der Waals surface area contributed by atoms with Gasteiger partial charge in [0.1, 0.15) is 0 Å². The van der Waals surface area contributed by atoms with Crippen LogP contribution >= 0.6 is 0 Å². The van der Waals surface area contributed by atoms with E-state index in [4.69, 9.17) is 0 Å². The molecule has 2 bridgehead atoms. The van der Waals surface area contributed by atoms with E-state index in [-0.39, 0.29) is 47.6 Å². The van der Waals surface area contributed by atoms with Gasteiger partial charge < -0.3 is 15.1 Å². The number of carbonyl (C=O) groups excluding carboxylic acids is 3. The van der Waals surface area contributed by atoms with Gasteiger partial charge in [0.15, 0.2) is 5.82 Å². The lowest BCUT2D eigenvalue weighted by Gasteiger charge is -2.51. The molecule has 40 heavy (non-hydrogen) atoms. The van der Waals surface area contributed by atoms with E-state index in [1.54, 1.807) is 17.1 Å². The van der Waals surface area contributed by atoms with E-state index in [2.05, 4.69) is 41.1 Å². The number of rotatable bonds is 3. The fraction of sp³-hybridized carbons (Fsp3) is 0.645. The fourth-order valence-corrected chi connectivity index (χ4v) is 6.97. The second-order valence-corrected chi connectivity index (χ2v) is 12.6. The van der Waals surface area contributed by atoms with Gasteiger partial charge in [-0.3, -0.25) is 14.4 Å². The van der Waals surface area contributed by atoms with E-state index in [0.717, 1.165) is 37.8 Å². The molecule has 3 amide bonds. The lowest BCUT2D eigenvalue weighted by molar-refractivity contribution is -0.141. The zero-order chi connectivity index (χ0) is 28.4. The predicted octanol–water partition coefficient (Wildman–Crippen LogP) is 4.00. The zero-order valence-electron chi connectivity index (χ0n) is 24.4. The average molecular weight is 549 g/mol. The molecule has 3 saturated heterocycles. The van der Waals surface area contributed by atoms with Crippen LogP contribution in [0.1, 0.15) is 81.8 Å². The van der Waals surface area contributed by atoms with Crippen LogP contribution in [0.25, 0.3) is 5.82 Å². The largest absolute Gasteiger partial charge is 0.353 e. The third kappa shape index (κ3) is 6.08. The van der Waals surface area contributed by atoms with Crippen LogP contribution in [0.4, 0.5) is 0 Å². The van der Waals surface area contributed by atoms with E-state index in [1.165, 1.54) is 0 Å². The summed E-state index contributed by atoms with van der Waals surface area (Å²) in [7, 11) is 0. The van der Waals surface area contributed by atoms with Gasteiger partial charge >= 0.3 is 0 Å². The van der Waals surface area contributed by atoms with Crippen LogP contribution in [-0.4, -0.2) is 74.0 Å². The number of fused-ring (bicyclic) bond motifs is 4. The molecule has 0 aliphatic carbocycles. The number of piperidine rings is 2. The maximum atomic E-state index is 13.8. The molecule has 3 fully saturated rings. The summed E-state index contributed by atoms with van der Waals surface area (Å²) >= 11 is 0. The second kappa shape index (κ2) is 12.1. The van der Waals surface area contributed by atoms with Crippen molar-refractivity contribution in [2.45, 2.75) is 84.7 Å². The Labute approximate surface area is 237 Å². The highest BCUT2D eigenvalue weighted by atomic mass is 16.2. The van der Waals surface area contributed by atoms with E-state index in [1.807, 2.05) is 30.0 Å². The summed E-state index contributed by atoms with van der Waals surface area (Å²) in [4.78, 5) is 48.7. The number of carbonyl (C=O) groups is 3. The first kappa shape index (κ1) is 28.3. The number of aromatic nitrogens is 3. The number of hydrogen-bond acceptors (Lipinski definition) is 5. The first-order chi connectivity index (χ1) is 19.2. The first-order valence-corrected chi connectivity index (χ1v) is 15.0. The molecular formula is C31H44N6O3. The topological polar surface area (TPSA) is 100 Å². The van der Waals surface area contributed by atoms with Crippen LogP contribution in [0.2, 0.25) is 0 Å². The van der Waals surface area contributed by atoms with Gasteiger partial charge in [0.05, 0.1) is 17.5 Å². The van der Waals surface area contributed by atoms with Gasteiger partial charge in [0.2, 0.25) is 11.8 Å². The number of nitrogens with one attached hydrogen (secondary N) is 1. The van der Waals surface area contributed by atoms with Crippen LogP contribution in [-0.2, 0) is 9.59 Å². The van der Waals surface area contributed by atoms with Crippen LogP contribution in [0.5, 0.6) is 0 Å². The van der Waals surface area contributed by atoms with Crippen molar-refractivity contribution >= 4 is 17.7 Å². The van der Waals surface area contributed by atoms with Crippen molar-refractivity contribution in [1.29, 1.82) is 0 Å². The Bertz CT molecular complexity index is 1210. The molecular weight excluding hydrogens is 504 g/mol. The highest BCUT2D eigenvalue weighted by Crippen LogP contribution is 2.37. The van der Waals surface area contributed by atoms with Gasteiger partial charge in [-0.15, -0.1) is 0 Å². The zero-order valence-corrected chi connectivity index (χ0v) is 24.4. The minimum atomic E-state index is -0.00785. The van der Waals surface area contributed by atoms with Crippen LogP contribution in [0, 0.1) is 30.6 Å². The highest BCUT2D eigenvalue weighted by Gasteiger charge is 2.44. The number of hydrogen-bond donors (Lipinski definition) is 1. The van der Waals surface area contributed by atoms with Crippen molar-refractivity contribution in [2.24, 2.45) is 23.7 Å². The molecule has 0 radical (unpaired) electrons. The molecule has 0 unspecified atom stereocenters. The third-order valence-corrected chi connectivity index (χ3v) is 9.23. The van der Waals surface area contributed by atoms with Crippen molar-refractivity contribution in [1.82, 2.24) is 29.9 Å². The average Bonchev–Trinajstić information content (AvgIpc) is 3.32. The Morgan fingerprint density at radius 1 is 1.10 bits per heavy atom. The summed E-state index contributed by atoms with van der Waals surface area (Å²) in [5, 5.41) is 7.72. The Kier molecular flexibility index (Phi) is 8.57. The van der Waals surface area contributed by atoms with Crippen molar-refractivity contribution in [3.63, 3.8) is 0 Å². The molecule has 0 spiro atoms. The molecule has 5 heterocycles. The monoisotopic (exact) mass is 548 g/mol. The molecule has 2 aromatic heterocycles. The van der Waals surface area contributed by atoms with E-state index < -0.39 is 0 Å². The highest BCUT2D eigenvalue weighted by molar-refractivity contribution is 5.95. The van der Waals surface area contributed by atoms with Gasteiger partial charge in [-0.1, -0.05) is 26.8 Å². The molecule has 1 N–H and O–H groups in total. The summed E-state index contributed by atoms with van der Waals surface area (Å²) in [6.07, 6.45) is 8.76. The van der Waals surface area contributed by atoms with Gasteiger partial charge in [0.25, 0.3) is 5.91 Å². The fourth-order valence-electron chi connectivity index (χ4n) is 6.97. The molecule has 2 aromatic rings. The molecule has 3 aliphatic rings. The molecule has 9 heteroatoms. The van der Waals surface area contributed by atoms with Crippen LogP contribution < -0.4 is 5.32 Å². The van der Waals surface area contributed by atoms with Gasteiger partial charge in [-0.25, -0.2) is 9.67 Å². The summed E-state index contributed by atoms with van der Waals surface area (Å²) in [5.74, 6) is 2.12. The summed E-state index contributed by atoms with van der Waals surface area (Å²) < 4.78 is 1.71. The van der Waals surface area contributed by atoms with Gasteiger partial charge in [-0.2, -0.15) is 5.10 Å². The smallest absolute Gasteiger partial charge is 0.257 e. The molecule has 3 aliphatic heterocycles. The van der Waals surface area contributed by atoms with E-state index in [9.17, 15) is 14.4 Å². The van der Waals surface area contributed by atoms with Crippen molar-refractivity contribution in [2.75, 3.05) is 19.6 Å². The molecule has 5 atom stereocenters. The SMILES string of the molecule is Cc1c(C(=O)N2C[C@@H]3C[C@@H](C2)[C@@H]2CCCC(=O)N[C@H](C(C)C)CC[C@@H](C)CC(=O)N2C3)cnn1-c1ccccn1. The number of pyridine rings is 1. The maximum absolute atomic E-state index is 13.8. The molecule has 0 saturated carbocycles. The number of nitrogens with zero attached hydrogens (tertiary/aromatic N) is 5. The van der Waals surface area contributed by atoms with Crippen LogP contribution in [0.3, 0.4) is 0 Å². The molecule has 216 valence electrons. The molecule has 9 nitrogen and oxygen atoms in total. The summed E-state index contributed by atoms with van der Waals surface area (Å²) in [6, 6.07) is 5.84. The lowest BCUT2D eigenvalue weighted by atomic mass is 9.77. The molecule has 0 aromatic carbocycles. The quantitative estimate of drug-likeness (QED) is 0.625. The van der Waals surface area contributed by atoms with Gasteiger partial charge in [-0.05, 0) is 74.8 Å². The van der Waals surface area contributed by atoms with Crippen molar-refractivity contribution in [3.05, 3.63) is 41.9 Å². The Hall–Kier alpha value is -3.23. The van der Waals surface area contributed by atoms with Crippen molar-refractivity contribution in [3.8, 4) is 5.82 Å². The normalized spacial score (nSPS) is 28.3.